The van der Waals surface area contributed by atoms with Gasteiger partial charge in [0.2, 0.25) is 5.91 Å². The summed E-state index contributed by atoms with van der Waals surface area (Å²) in [5.74, 6) is -1.13. The molecule has 2 atom stereocenters. The van der Waals surface area contributed by atoms with Crippen LogP contribution in [0.2, 0.25) is 0 Å². The van der Waals surface area contributed by atoms with E-state index in [0.29, 0.717) is 37.3 Å². The molecule has 2 saturated heterocycles. The fourth-order valence-electron chi connectivity index (χ4n) is 3.91. The number of halogens is 1. The maximum absolute atomic E-state index is 14.2. The summed E-state index contributed by atoms with van der Waals surface area (Å²) in [6, 6.07) is 3.78. The molecule has 0 bridgehead atoms. The summed E-state index contributed by atoms with van der Waals surface area (Å²) in [5.41, 5.74) is 2.04. The highest BCUT2D eigenvalue weighted by Gasteiger charge is 2.34. The fourth-order valence-corrected chi connectivity index (χ4v) is 3.91. The van der Waals surface area contributed by atoms with E-state index in [1.807, 2.05) is 0 Å². The summed E-state index contributed by atoms with van der Waals surface area (Å²) in [5, 5.41) is 11.3. The van der Waals surface area contributed by atoms with Crippen LogP contribution in [0.5, 0.6) is 0 Å². The third kappa shape index (κ3) is 3.98. The van der Waals surface area contributed by atoms with Gasteiger partial charge in [-0.1, -0.05) is 6.92 Å². The van der Waals surface area contributed by atoms with Crippen LogP contribution in [0.15, 0.2) is 30.6 Å². The number of rotatable bonds is 5. The van der Waals surface area contributed by atoms with Crippen molar-refractivity contribution >= 4 is 23.5 Å². The second-order valence-electron chi connectivity index (χ2n) is 7.62. The monoisotopic (exact) mass is 414 g/mol. The first kappa shape index (κ1) is 19.9. The predicted octanol–water partition coefficient (Wildman–Crippen LogP) is 1.10. The van der Waals surface area contributed by atoms with E-state index in [9.17, 15) is 18.8 Å². The first-order chi connectivity index (χ1) is 14.4. The number of hydrogen-bond acceptors (Lipinski definition) is 5. The summed E-state index contributed by atoms with van der Waals surface area (Å²) in [6.45, 7) is 4.07. The van der Waals surface area contributed by atoms with Crippen LogP contribution in [-0.2, 0) is 9.59 Å². The van der Waals surface area contributed by atoms with Gasteiger partial charge in [0.05, 0.1) is 6.20 Å². The smallest absolute Gasteiger partial charge is 0.322 e. The minimum atomic E-state index is -0.668. The lowest BCUT2D eigenvalue weighted by atomic mass is 10.00. The SMILES string of the molecule is CC(C[C@H]1NC(=O)NC1=O)C(=O)N1CCN(c2ccc(F)c(-c3cn[nH]c3)c2)CC1. The molecule has 1 unspecified atom stereocenters. The van der Waals surface area contributed by atoms with Crippen molar-refractivity contribution in [3.63, 3.8) is 0 Å². The molecule has 3 heterocycles. The Morgan fingerprint density at radius 3 is 2.67 bits per heavy atom. The lowest BCUT2D eigenvalue weighted by Crippen LogP contribution is -2.50. The summed E-state index contributed by atoms with van der Waals surface area (Å²) >= 11 is 0. The molecule has 0 radical (unpaired) electrons. The van der Waals surface area contributed by atoms with Gasteiger partial charge in [-0.05, 0) is 24.6 Å². The van der Waals surface area contributed by atoms with E-state index < -0.39 is 18.0 Å². The highest BCUT2D eigenvalue weighted by atomic mass is 19.1. The van der Waals surface area contributed by atoms with Gasteiger partial charge in [-0.25, -0.2) is 9.18 Å². The van der Waals surface area contributed by atoms with Crippen LogP contribution in [0, 0.1) is 11.7 Å². The third-order valence-corrected chi connectivity index (χ3v) is 5.59. The third-order valence-electron chi connectivity index (χ3n) is 5.59. The van der Waals surface area contributed by atoms with Crippen molar-refractivity contribution in [2.24, 2.45) is 5.92 Å². The number of benzene rings is 1. The molecular weight excluding hydrogens is 391 g/mol. The highest BCUT2D eigenvalue weighted by molar-refractivity contribution is 6.04. The zero-order valence-corrected chi connectivity index (χ0v) is 16.5. The molecule has 2 aliphatic heterocycles. The summed E-state index contributed by atoms with van der Waals surface area (Å²) in [6.07, 6.45) is 3.49. The molecule has 2 aliphatic rings. The highest BCUT2D eigenvalue weighted by Crippen LogP contribution is 2.28. The number of piperazine rings is 1. The van der Waals surface area contributed by atoms with Crippen molar-refractivity contribution in [3.05, 3.63) is 36.4 Å². The number of carbonyl (C=O) groups is 3. The number of imide groups is 1. The number of hydrogen-bond donors (Lipinski definition) is 3. The Morgan fingerprint density at radius 2 is 2.03 bits per heavy atom. The molecule has 2 aromatic rings. The molecule has 30 heavy (non-hydrogen) atoms. The minimum Gasteiger partial charge on any atom is -0.368 e. The molecule has 4 amide bonds. The number of nitrogens with zero attached hydrogens (tertiary/aromatic N) is 3. The van der Waals surface area contributed by atoms with E-state index >= 15 is 0 Å². The topological polar surface area (TPSA) is 110 Å². The first-order valence-electron chi connectivity index (χ1n) is 9.86. The number of H-pyrrole nitrogens is 1. The van der Waals surface area contributed by atoms with Crippen LogP contribution >= 0.6 is 0 Å². The molecule has 10 heteroatoms. The Hall–Kier alpha value is -3.43. The van der Waals surface area contributed by atoms with E-state index in [0.717, 1.165) is 5.69 Å². The van der Waals surface area contributed by atoms with Crippen LogP contribution in [0.4, 0.5) is 14.9 Å². The maximum atomic E-state index is 14.2. The molecule has 4 rings (SSSR count). The average molecular weight is 414 g/mol. The number of anilines is 1. The Bertz CT molecular complexity index is 955. The van der Waals surface area contributed by atoms with Crippen molar-refractivity contribution in [1.29, 1.82) is 0 Å². The number of carbonyl (C=O) groups excluding carboxylic acids is 3. The molecule has 9 nitrogen and oxygen atoms in total. The van der Waals surface area contributed by atoms with Gasteiger partial charge in [-0.3, -0.25) is 20.0 Å². The second kappa shape index (κ2) is 8.13. The molecule has 3 N–H and O–H groups in total. The molecule has 1 aromatic heterocycles. The molecule has 0 aliphatic carbocycles. The fraction of sp³-hybridized carbons (Fsp3) is 0.400. The standard InChI is InChI=1S/C20H23FN6O3/c1-12(8-17-18(28)25-20(30)24-17)19(29)27-6-4-26(5-7-27)14-2-3-16(21)15(9-14)13-10-22-23-11-13/h2-3,9-12,17H,4-8H2,1H3,(H,22,23)(H2,24,25,28,30)/t12?,17-/m1/s1. The largest absolute Gasteiger partial charge is 0.368 e. The molecule has 1 aromatic carbocycles. The van der Waals surface area contributed by atoms with Gasteiger partial charge in [0, 0.05) is 55.1 Å². The number of amides is 4. The van der Waals surface area contributed by atoms with Crippen molar-refractivity contribution in [3.8, 4) is 11.1 Å². The number of nitrogens with one attached hydrogen (secondary N) is 3. The molecule has 0 spiro atoms. The Kier molecular flexibility index (Phi) is 5.39. The lowest BCUT2D eigenvalue weighted by Gasteiger charge is -2.37. The molecular formula is C20H23FN6O3. The van der Waals surface area contributed by atoms with Crippen molar-refractivity contribution < 1.29 is 18.8 Å². The van der Waals surface area contributed by atoms with Gasteiger partial charge >= 0.3 is 6.03 Å². The van der Waals surface area contributed by atoms with E-state index in [1.165, 1.54) is 6.07 Å². The van der Waals surface area contributed by atoms with Crippen LogP contribution in [0.25, 0.3) is 11.1 Å². The van der Waals surface area contributed by atoms with Crippen LogP contribution < -0.4 is 15.5 Å². The van der Waals surface area contributed by atoms with Crippen LogP contribution in [0.1, 0.15) is 13.3 Å². The van der Waals surface area contributed by atoms with Gasteiger partial charge in [0.15, 0.2) is 0 Å². The Balaban J connectivity index is 1.36. The molecule has 158 valence electrons. The average Bonchev–Trinajstić information content (AvgIpc) is 3.38. The normalized spacial score (nSPS) is 20.1. The molecule has 0 saturated carbocycles. The second-order valence-corrected chi connectivity index (χ2v) is 7.62. The Morgan fingerprint density at radius 1 is 1.27 bits per heavy atom. The van der Waals surface area contributed by atoms with Crippen molar-refractivity contribution in [2.75, 3.05) is 31.1 Å². The van der Waals surface area contributed by atoms with Crippen molar-refractivity contribution in [1.82, 2.24) is 25.7 Å². The van der Waals surface area contributed by atoms with Crippen LogP contribution in [-0.4, -0.2) is 65.2 Å². The lowest BCUT2D eigenvalue weighted by molar-refractivity contribution is -0.135. The van der Waals surface area contributed by atoms with E-state index in [4.69, 9.17) is 0 Å². The van der Waals surface area contributed by atoms with Gasteiger partial charge in [-0.2, -0.15) is 5.10 Å². The molecule has 2 fully saturated rings. The zero-order chi connectivity index (χ0) is 21.3. The van der Waals surface area contributed by atoms with Crippen LogP contribution in [0.3, 0.4) is 0 Å². The summed E-state index contributed by atoms with van der Waals surface area (Å²) in [4.78, 5) is 39.6. The minimum absolute atomic E-state index is 0.0400. The van der Waals surface area contributed by atoms with Gasteiger partial charge in [-0.15, -0.1) is 0 Å². The quantitative estimate of drug-likeness (QED) is 0.635. The summed E-state index contributed by atoms with van der Waals surface area (Å²) < 4.78 is 14.2. The first-order valence-corrected chi connectivity index (χ1v) is 9.86. The number of aromatic amines is 1. The zero-order valence-electron chi connectivity index (χ0n) is 16.5. The van der Waals surface area contributed by atoms with E-state index in [2.05, 4.69) is 25.7 Å². The van der Waals surface area contributed by atoms with Gasteiger partial charge < -0.3 is 15.1 Å². The summed E-state index contributed by atoms with van der Waals surface area (Å²) in [7, 11) is 0. The Labute approximate surface area is 172 Å². The maximum Gasteiger partial charge on any atom is 0.322 e. The number of urea groups is 1. The van der Waals surface area contributed by atoms with E-state index in [1.54, 1.807) is 36.4 Å². The van der Waals surface area contributed by atoms with E-state index in [-0.39, 0.29) is 24.1 Å². The van der Waals surface area contributed by atoms with Gasteiger partial charge in [0.25, 0.3) is 5.91 Å². The number of aromatic nitrogens is 2. The van der Waals surface area contributed by atoms with Gasteiger partial charge in [0.1, 0.15) is 11.9 Å². The predicted molar refractivity (Wildman–Crippen MR) is 107 cm³/mol. The van der Waals surface area contributed by atoms with Crippen molar-refractivity contribution in [2.45, 2.75) is 19.4 Å².